The van der Waals surface area contributed by atoms with Gasteiger partial charge in [-0.2, -0.15) is 0 Å². The lowest BCUT2D eigenvalue weighted by Crippen LogP contribution is -2.42. The van der Waals surface area contributed by atoms with Gasteiger partial charge in [-0.3, -0.25) is 9.59 Å². The number of carbonyl (C=O) groups is 2. The maximum Gasteiger partial charge on any atom is 0.239 e. The van der Waals surface area contributed by atoms with Crippen LogP contribution in [0.5, 0.6) is 0 Å². The van der Waals surface area contributed by atoms with Crippen LogP contribution in [0.2, 0.25) is 0 Å². The molecule has 6 nitrogen and oxygen atoms in total. The Labute approximate surface area is 124 Å². The molecule has 0 bridgehead atoms. The van der Waals surface area contributed by atoms with Crippen molar-refractivity contribution in [1.29, 1.82) is 0 Å². The molecule has 2 atom stereocenters. The highest BCUT2D eigenvalue weighted by atomic mass is 35.5. The first-order valence-electron chi connectivity index (χ1n) is 5.48. The topological polar surface area (TPSA) is 98.7 Å². The van der Waals surface area contributed by atoms with E-state index < -0.39 is 23.9 Å². The van der Waals surface area contributed by atoms with Crippen molar-refractivity contribution in [1.82, 2.24) is 10.6 Å². The highest BCUT2D eigenvalue weighted by Gasteiger charge is 2.29. The Morgan fingerprint density at radius 3 is 2.63 bits per heavy atom. The molecule has 0 saturated carbocycles. The highest BCUT2D eigenvalue weighted by molar-refractivity contribution is 8.06. The zero-order chi connectivity index (χ0) is 14.4. The largest absolute Gasteiger partial charge is 0.394 e. The van der Waals surface area contributed by atoms with Gasteiger partial charge in [-0.1, -0.05) is 35.0 Å². The number of halogens is 2. The molecule has 0 fully saturated rings. The molecule has 0 spiro atoms. The Balaban J connectivity index is 2.22. The van der Waals surface area contributed by atoms with Crippen molar-refractivity contribution < 1.29 is 19.8 Å². The van der Waals surface area contributed by atoms with E-state index >= 15 is 0 Å². The van der Waals surface area contributed by atoms with E-state index in [1.54, 1.807) is 0 Å². The summed E-state index contributed by atoms with van der Waals surface area (Å²) in [5.74, 6) is -0.773. The molecule has 0 saturated heterocycles. The van der Waals surface area contributed by atoms with Gasteiger partial charge >= 0.3 is 0 Å². The number of hydrogen-bond donors (Lipinski definition) is 4. The van der Waals surface area contributed by atoms with Crippen molar-refractivity contribution >= 4 is 46.8 Å². The van der Waals surface area contributed by atoms with E-state index in [0.717, 1.165) is 11.8 Å². The molecule has 0 aromatic heterocycles. The van der Waals surface area contributed by atoms with Gasteiger partial charge in [-0.15, -0.1) is 0 Å². The van der Waals surface area contributed by atoms with E-state index in [2.05, 4.69) is 10.6 Å². The number of hydrogen-bond acceptors (Lipinski definition) is 5. The predicted molar refractivity (Wildman–Crippen MR) is 73.8 cm³/mol. The minimum Gasteiger partial charge on any atom is -0.394 e. The summed E-state index contributed by atoms with van der Waals surface area (Å²) in [5.41, 5.74) is 0. The number of amides is 2. The van der Waals surface area contributed by atoms with Gasteiger partial charge < -0.3 is 20.8 Å². The smallest absolute Gasteiger partial charge is 0.239 e. The van der Waals surface area contributed by atoms with Crippen LogP contribution in [0, 0.1) is 0 Å². The molecule has 108 valence electrons. The fourth-order valence-corrected chi connectivity index (χ4v) is 2.94. The van der Waals surface area contributed by atoms with Crippen molar-refractivity contribution in [2.45, 2.75) is 17.8 Å². The normalized spacial score (nSPS) is 20.3. The highest BCUT2D eigenvalue weighted by Crippen LogP contribution is 2.41. The monoisotopic (exact) mass is 328 g/mol. The quantitative estimate of drug-likeness (QED) is 0.537. The van der Waals surface area contributed by atoms with Crippen molar-refractivity contribution in [3.05, 3.63) is 9.40 Å². The minimum atomic E-state index is -1.01. The SMILES string of the molecule is O=C(CNC(=O)C1CC(Cl)=C(Cl)S1)NCC(O)CO. The van der Waals surface area contributed by atoms with Crippen LogP contribution in [-0.2, 0) is 9.59 Å². The molecule has 0 aliphatic carbocycles. The number of allylic oxidation sites excluding steroid dienone is 1. The molecule has 4 N–H and O–H groups in total. The molecule has 0 aromatic rings. The van der Waals surface area contributed by atoms with Gasteiger partial charge in [-0.25, -0.2) is 0 Å². The molecular formula is C10H14Cl2N2O4S. The molecule has 9 heteroatoms. The Kier molecular flexibility index (Phi) is 6.95. The summed E-state index contributed by atoms with van der Waals surface area (Å²) < 4.78 is 0.400. The zero-order valence-corrected chi connectivity index (χ0v) is 12.2. The third-order valence-corrected chi connectivity index (χ3v) is 4.45. The second-order valence-electron chi connectivity index (χ2n) is 3.85. The second kappa shape index (κ2) is 7.96. The van der Waals surface area contributed by atoms with Crippen LogP contribution in [0.25, 0.3) is 0 Å². The van der Waals surface area contributed by atoms with Crippen molar-refractivity contribution in [2.24, 2.45) is 0 Å². The molecule has 2 amide bonds. The third kappa shape index (κ3) is 5.58. The summed E-state index contributed by atoms with van der Waals surface area (Å²) in [6, 6.07) is 0. The summed E-state index contributed by atoms with van der Waals surface area (Å²) in [5, 5.41) is 22.4. The summed E-state index contributed by atoms with van der Waals surface area (Å²) in [6.45, 7) is -0.708. The molecule has 0 radical (unpaired) electrons. The first kappa shape index (κ1) is 16.6. The second-order valence-corrected chi connectivity index (χ2v) is 6.12. The number of carbonyl (C=O) groups excluding carboxylic acids is 2. The lowest BCUT2D eigenvalue weighted by Gasteiger charge is -2.11. The lowest BCUT2D eigenvalue weighted by molar-refractivity contribution is -0.126. The fourth-order valence-electron chi connectivity index (χ4n) is 1.26. The average molecular weight is 329 g/mol. The van der Waals surface area contributed by atoms with Crippen LogP contribution in [0.3, 0.4) is 0 Å². The molecule has 1 heterocycles. The van der Waals surface area contributed by atoms with Gasteiger partial charge in [0, 0.05) is 18.0 Å². The van der Waals surface area contributed by atoms with E-state index in [1.165, 1.54) is 0 Å². The standard InChI is InChI=1S/C10H14Cl2N2O4S/c11-6-1-7(19-9(6)12)10(18)14-3-8(17)13-2-5(16)4-15/h5,7,15-16H,1-4H2,(H,13,17)(H,14,18). The Morgan fingerprint density at radius 2 is 2.11 bits per heavy atom. The number of aliphatic hydroxyl groups is 2. The average Bonchev–Trinajstić information content (AvgIpc) is 2.73. The summed E-state index contributed by atoms with van der Waals surface area (Å²) in [7, 11) is 0. The van der Waals surface area contributed by atoms with Crippen LogP contribution in [-0.4, -0.2) is 53.1 Å². The van der Waals surface area contributed by atoms with Gasteiger partial charge in [0.25, 0.3) is 0 Å². The predicted octanol–water partition coefficient (Wildman–Crippen LogP) is -0.276. The van der Waals surface area contributed by atoms with E-state index in [4.69, 9.17) is 33.4 Å². The van der Waals surface area contributed by atoms with E-state index in [1.807, 2.05) is 0 Å². The molecule has 1 rings (SSSR count). The molecule has 1 aliphatic heterocycles. The Hall–Kier alpha value is -0.470. The van der Waals surface area contributed by atoms with E-state index in [0.29, 0.717) is 15.8 Å². The summed E-state index contributed by atoms with van der Waals surface area (Å²) in [6.07, 6.45) is -0.659. The molecule has 19 heavy (non-hydrogen) atoms. The summed E-state index contributed by atoms with van der Waals surface area (Å²) in [4.78, 5) is 23.0. The van der Waals surface area contributed by atoms with Gasteiger partial charge in [0.15, 0.2) is 0 Å². The van der Waals surface area contributed by atoms with Gasteiger partial charge in [0.2, 0.25) is 11.8 Å². The van der Waals surface area contributed by atoms with Crippen molar-refractivity contribution in [2.75, 3.05) is 19.7 Å². The van der Waals surface area contributed by atoms with E-state index in [-0.39, 0.29) is 19.0 Å². The molecule has 0 aromatic carbocycles. The first-order valence-corrected chi connectivity index (χ1v) is 7.11. The van der Waals surface area contributed by atoms with Crippen LogP contribution in [0.4, 0.5) is 0 Å². The van der Waals surface area contributed by atoms with Crippen molar-refractivity contribution in [3.63, 3.8) is 0 Å². The molecular weight excluding hydrogens is 315 g/mol. The van der Waals surface area contributed by atoms with Crippen LogP contribution in [0.15, 0.2) is 9.40 Å². The number of thioether (sulfide) groups is 1. The number of aliphatic hydroxyl groups excluding tert-OH is 2. The van der Waals surface area contributed by atoms with Crippen LogP contribution < -0.4 is 10.6 Å². The zero-order valence-electron chi connectivity index (χ0n) is 9.86. The Morgan fingerprint density at radius 1 is 1.42 bits per heavy atom. The number of rotatable bonds is 6. The third-order valence-electron chi connectivity index (χ3n) is 2.28. The van der Waals surface area contributed by atoms with Gasteiger partial charge in [0.1, 0.15) is 0 Å². The number of nitrogens with one attached hydrogen (secondary N) is 2. The van der Waals surface area contributed by atoms with Gasteiger partial charge in [0.05, 0.1) is 28.9 Å². The minimum absolute atomic E-state index is 0.0669. The van der Waals surface area contributed by atoms with Crippen LogP contribution in [0.1, 0.15) is 6.42 Å². The maximum absolute atomic E-state index is 11.7. The fraction of sp³-hybridized carbons (Fsp3) is 0.600. The maximum atomic E-state index is 11.7. The first-order chi connectivity index (χ1) is 8.93. The van der Waals surface area contributed by atoms with E-state index in [9.17, 15) is 9.59 Å². The summed E-state index contributed by atoms with van der Waals surface area (Å²) >= 11 is 12.7. The van der Waals surface area contributed by atoms with Crippen LogP contribution >= 0.6 is 35.0 Å². The Bertz CT molecular complexity index is 378. The van der Waals surface area contributed by atoms with Gasteiger partial charge in [-0.05, 0) is 0 Å². The molecule has 2 unspecified atom stereocenters. The molecule has 1 aliphatic rings. The lowest BCUT2D eigenvalue weighted by atomic mass is 10.3. The van der Waals surface area contributed by atoms with Crippen molar-refractivity contribution in [3.8, 4) is 0 Å².